The van der Waals surface area contributed by atoms with E-state index in [0.717, 1.165) is 6.42 Å². The second-order valence-electron chi connectivity index (χ2n) is 3.97. The van der Waals surface area contributed by atoms with Gasteiger partial charge >= 0.3 is 0 Å². The van der Waals surface area contributed by atoms with Gasteiger partial charge in [0.05, 0.1) is 0 Å². The molecule has 1 nitrogen and oxygen atoms in total. The summed E-state index contributed by atoms with van der Waals surface area (Å²) in [7, 11) is 0. The summed E-state index contributed by atoms with van der Waals surface area (Å²) in [5, 5.41) is 3.30. The van der Waals surface area contributed by atoms with E-state index in [1.165, 1.54) is 11.1 Å². The molecule has 1 heteroatoms. The van der Waals surface area contributed by atoms with Crippen LogP contribution < -0.4 is 5.32 Å². The molecule has 14 heavy (non-hydrogen) atoms. The minimum atomic E-state index is 0.515. The molecule has 0 radical (unpaired) electrons. The number of benzene rings is 1. The van der Waals surface area contributed by atoms with Gasteiger partial charge < -0.3 is 5.32 Å². The molecule has 1 rings (SSSR count). The predicted octanol–water partition coefficient (Wildman–Crippen LogP) is 3.13. The molecule has 76 valence electrons. The van der Waals surface area contributed by atoms with Gasteiger partial charge in [-0.2, -0.15) is 0 Å². The van der Waals surface area contributed by atoms with E-state index in [-0.39, 0.29) is 0 Å². The Hall–Kier alpha value is -1.24. The highest BCUT2D eigenvalue weighted by molar-refractivity contribution is 5.20. The quantitative estimate of drug-likeness (QED) is 0.767. The molecule has 1 aromatic carbocycles. The fourth-order valence-electron chi connectivity index (χ4n) is 1.28. The molecule has 0 atom stereocenters. The van der Waals surface area contributed by atoms with Crippen LogP contribution in [0.4, 0.5) is 0 Å². The molecule has 0 spiro atoms. The molecule has 0 heterocycles. The summed E-state index contributed by atoms with van der Waals surface area (Å²) in [6.07, 6.45) is 3.14. The Morgan fingerprint density at radius 1 is 1.29 bits per heavy atom. The smallest absolute Gasteiger partial charge is 0.0199 e. The molecule has 0 saturated carbocycles. The summed E-state index contributed by atoms with van der Waals surface area (Å²) < 4.78 is 0. The van der Waals surface area contributed by atoms with Gasteiger partial charge in [0.1, 0.15) is 0 Å². The first-order chi connectivity index (χ1) is 6.68. The molecule has 0 aliphatic rings. The first-order valence-corrected chi connectivity index (χ1v) is 5.14. The van der Waals surface area contributed by atoms with Crippen LogP contribution in [-0.4, -0.2) is 6.04 Å². The minimum Gasteiger partial charge on any atom is -0.389 e. The molecule has 0 fully saturated rings. The molecule has 0 bridgehead atoms. The summed E-state index contributed by atoms with van der Waals surface area (Å²) >= 11 is 0. The fourth-order valence-corrected chi connectivity index (χ4v) is 1.28. The Balaban J connectivity index is 2.49. The lowest BCUT2D eigenvalue weighted by Crippen LogP contribution is -2.16. The van der Waals surface area contributed by atoms with Crippen LogP contribution in [-0.2, 0) is 6.42 Å². The normalized spacial score (nSPS) is 11.9. The lowest BCUT2D eigenvalue weighted by molar-refractivity contribution is 0.696. The molecule has 1 N–H and O–H groups in total. The Bertz CT molecular complexity index is 285. The van der Waals surface area contributed by atoms with Gasteiger partial charge in [-0.15, -0.1) is 0 Å². The van der Waals surface area contributed by atoms with Gasteiger partial charge in [0.25, 0.3) is 0 Å². The van der Waals surface area contributed by atoms with Crippen LogP contribution in [0.3, 0.4) is 0 Å². The molecular weight excluding hydrogens is 170 g/mol. The molecule has 1 aromatic rings. The largest absolute Gasteiger partial charge is 0.389 e. The SMILES string of the molecule is C/C(=C/NC(C)C)Cc1ccccc1. The maximum absolute atomic E-state index is 3.30. The zero-order valence-electron chi connectivity index (χ0n) is 9.25. The molecule has 0 amide bonds. The Kier molecular flexibility index (Phi) is 4.24. The highest BCUT2D eigenvalue weighted by Crippen LogP contribution is 2.06. The van der Waals surface area contributed by atoms with E-state index >= 15 is 0 Å². The molecule has 0 unspecified atom stereocenters. The van der Waals surface area contributed by atoms with Crippen LogP contribution >= 0.6 is 0 Å². The monoisotopic (exact) mass is 189 g/mol. The van der Waals surface area contributed by atoms with Crippen LogP contribution in [0.25, 0.3) is 0 Å². The summed E-state index contributed by atoms with van der Waals surface area (Å²) in [6, 6.07) is 11.0. The maximum atomic E-state index is 3.30. The molecule has 0 saturated heterocycles. The van der Waals surface area contributed by atoms with Crippen molar-refractivity contribution in [2.24, 2.45) is 0 Å². The molecule has 0 aromatic heterocycles. The third kappa shape index (κ3) is 4.13. The van der Waals surface area contributed by atoms with Gasteiger partial charge in [-0.1, -0.05) is 35.9 Å². The van der Waals surface area contributed by atoms with E-state index in [1.54, 1.807) is 0 Å². The average Bonchev–Trinajstić information content (AvgIpc) is 2.16. The summed E-state index contributed by atoms with van der Waals surface area (Å²) in [6.45, 7) is 6.45. The van der Waals surface area contributed by atoms with E-state index in [2.05, 4.69) is 62.6 Å². The Morgan fingerprint density at radius 3 is 2.50 bits per heavy atom. The van der Waals surface area contributed by atoms with Crippen LogP contribution in [0.2, 0.25) is 0 Å². The lowest BCUT2D eigenvalue weighted by Gasteiger charge is -2.06. The van der Waals surface area contributed by atoms with Crippen LogP contribution in [0.5, 0.6) is 0 Å². The Labute approximate surface area is 86.8 Å². The topological polar surface area (TPSA) is 12.0 Å². The van der Waals surface area contributed by atoms with Crippen molar-refractivity contribution in [1.29, 1.82) is 0 Å². The lowest BCUT2D eigenvalue weighted by atomic mass is 10.1. The van der Waals surface area contributed by atoms with E-state index in [4.69, 9.17) is 0 Å². The van der Waals surface area contributed by atoms with Gasteiger partial charge in [0.15, 0.2) is 0 Å². The summed E-state index contributed by atoms with van der Waals surface area (Å²) in [5.41, 5.74) is 2.73. The van der Waals surface area contributed by atoms with Crippen molar-refractivity contribution in [3.05, 3.63) is 47.7 Å². The number of rotatable bonds is 4. The van der Waals surface area contributed by atoms with Crippen molar-refractivity contribution in [2.75, 3.05) is 0 Å². The number of hydrogen-bond donors (Lipinski definition) is 1. The van der Waals surface area contributed by atoms with Crippen LogP contribution in [0.15, 0.2) is 42.1 Å². The van der Waals surface area contributed by atoms with Crippen LogP contribution in [0, 0.1) is 0 Å². The fraction of sp³-hybridized carbons (Fsp3) is 0.385. The minimum absolute atomic E-state index is 0.515. The van der Waals surface area contributed by atoms with Crippen molar-refractivity contribution >= 4 is 0 Å². The molecule has 0 aliphatic carbocycles. The first kappa shape index (κ1) is 10.8. The van der Waals surface area contributed by atoms with E-state index in [0.29, 0.717) is 6.04 Å². The maximum Gasteiger partial charge on any atom is 0.0199 e. The van der Waals surface area contributed by atoms with Crippen LogP contribution in [0.1, 0.15) is 26.3 Å². The van der Waals surface area contributed by atoms with Crippen molar-refractivity contribution in [1.82, 2.24) is 5.32 Å². The van der Waals surface area contributed by atoms with Gasteiger partial charge in [0, 0.05) is 6.04 Å². The van der Waals surface area contributed by atoms with Crippen molar-refractivity contribution < 1.29 is 0 Å². The third-order valence-corrected chi connectivity index (χ3v) is 1.99. The summed E-state index contributed by atoms with van der Waals surface area (Å²) in [5.74, 6) is 0. The number of hydrogen-bond acceptors (Lipinski definition) is 1. The van der Waals surface area contributed by atoms with Crippen molar-refractivity contribution in [2.45, 2.75) is 33.2 Å². The Morgan fingerprint density at radius 2 is 1.93 bits per heavy atom. The highest BCUT2D eigenvalue weighted by atomic mass is 14.9. The summed E-state index contributed by atoms with van der Waals surface area (Å²) in [4.78, 5) is 0. The van der Waals surface area contributed by atoms with Crippen molar-refractivity contribution in [3.8, 4) is 0 Å². The number of allylic oxidation sites excluding steroid dienone is 1. The zero-order chi connectivity index (χ0) is 10.4. The van der Waals surface area contributed by atoms with E-state index < -0.39 is 0 Å². The van der Waals surface area contributed by atoms with Crippen molar-refractivity contribution in [3.63, 3.8) is 0 Å². The van der Waals surface area contributed by atoms with Gasteiger partial charge in [0.2, 0.25) is 0 Å². The second kappa shape index (κ2) is 5.48. The third-order valence-electron chi connectivity index (χ3n) is 1.99. The molecule has 0 aliphatic heterocycles. The second-order valence-corrected chi connectivity index (χ2v) is 3.97. The number of nitrogens with one attached hydrogen (secondary N) is 1. The zero-order valence-corrected chi connectivity index (χ0v) is 9.25. The highest BCUT2D eigenvalue weighted by Gasteiger charge is 1.93. The van der Waals surface area contributed by atoms with Gasteiger partial charge in [-0.25, -0.2) is 0 Å². The predicted molar refractivity (Wildman–Crippen MR) is 62.2 cm³/mol. The molecular formula is C13H19N. The van der Waals surface area contributed by atoms with Gasteiger partial charge in [-0.05, 0) is 39.0 Å². The van der Waals surface area contributed by atoms with E-state index in [1.807, 2.05) is 0 Å². The first-order valence-electron chi connectivity index (χ1n) is 5.14. The average molecular weight is 189 g/mol. The van der Waals surface area contributed by atoms with Gasteiger partial charge in [-0.3, -0.25) is 0 Å². The van der Waals surface area contributed by atoms with E-state index in [9.17, 15) is 0 Å². The standard InChI is InChI=1S/C13H19N/c1-11(2)14-10-12(3)9-13-7-5-4-6-8-13/h4-8,10-11,14H,9H2,1-3H3/b12-10-.